The van der Waals surface area contributed by atoms with Crippen molar-refractivity contribution >= 4 is 23.5 Å². The summed E-state index contributed by atoms with van der Waals surface area (Å²) in [6, 6.07) is 6.76. The van der Waals surface area contributed by atoms with Crippen LogP contribution in [-0.2, 0) is 9.59 Å². The van der Waals surface area contributed by atoms with Crippen molar-refractivity contribution in [1.82, 2.24) is 4.90 Å². The Bertz CT molecular complexity index is 571. The van der Waals surface area contributed by atoms with Gasteiger partial charge < -0.3 is 15.3 Å². The number of carboxylic acid groups (broad SMARTS) is 1. The number of benzene rings is 1. The Morgan fingerprint density at radius 3 is 2.81 bits per heavy atom. The van der Waals surface area contributed by atoms with Gasteiger partial charge in [0, 0.05) is 37.7 Å². The third kappa shape index (κ3) is 4.05. The molecule has 21 heavy (non-hydrogen) atoms. The Morgan fingerprint density at radius 1 is 1.38 bits per heavy atom. The number of aliphatic carboxylic acids is 1. The molecule has 0 saturated carbocycles. The highest BCUT2D eigenvalue weighted by molar-refractivity contribution is 5.97. The molecular weight excluding hydrogens is 272 g/mol. The van der Waals surface area contributed by atoms with Gasteiger partial charge in [0.05, 0.1) is 0 Å². The van der Waals surface area contributed by atoms with Crippen molar-refractivity contribution < 1.29 is 19.5 Å². The summed E-state index contributed by atoms with van der Waals surface area (Å²) in [5, 5.41) is 11.4. The van der Waals surface area contributed by atoms with E-state index in [0.29, 0.717) is 30.8 Å². The topological polar surface area (TPSA) is 86.7 Å². The van der Waals surface area contributed by atoms with E-state index in [-0.39, 0.29) is 24.2 Å². The third-order valence-corrected chi connectivity index (χ3v) is 3.47. The molecule has 2 amide bonds. The van der Waals surface area contributed by atoms with Gasteiger partial charge in [0.15, 0.2) is 0 Å². The maximum absolute atomic E-state index is 12.4. The molecule has 1 fully saturated rings. The van der Waals surface area contributed by atoms with Crippen molar-refractivity contribution in [3.63, 3.8) is 0 Å². The fourth-order valence-corrected chi connectivity index (χ4v) is 2.55. The average molecular weight is 290 g/mol. The van der Waals surface area contributed by atoms with E-state index in [9.17, 15) is 14.4 Å². The van der Waals surface area contributed by atoms with Crippen LogP contribution in [0, 0.1) is 5.92 Å². The molecule has 2 rings (SSSR count). The number of carbonyl (C=O) groups is 3. The van der Waals surface area contributed by atoms with Gasteiger partial charge in [-0.05, 0) is 30.5 Å². The van der Waals surface area contributed by atoms with Crippen molar-refractivity contribution in [2.75, 3.05) is 18.4 Å². The number of hydrogen-bond acceptors (Lipinski definition) is 3. The van der Waals surface area contributed by atoms with Crippen LogP contribution in [-0.4, -0.2) is 40.9 Å². The lowest BCUT2D eigenvalue weighted by molar-refractivity contribution is -0.138. The number of hydrogen-bond donors (Lipinski definition) is 2. The van der Waals surface area contributed by atoms with Gasteiger partial charge in [0.1, 0.15) is 0 Å². The first kappa shape index (κ1) is 15.0. The van der Waals surface area contributed by atoms with Crippen LogP contribution in [0.3, 0.4) is 0 Å². The van der Waals surface area contributed by atoms with Gasteiger partial charge in [-0.25, -0.2) is 0 Å². The van der Waals surface area contributed by atoms with Crippen LogP contribution in [0.2, 0.25) is 0 Å². The first-order valence-corrected chi connectivity index (χ1v) is 6.84. The molecule has 1 aliphatic rings. The van der Waals surface area contributed by atoms with Crippen LogP contribution in [0.1, 0.15) is 30.1 Å². The van der Waals surface area contributed by atoms with Gasteiger partial charge in [0.2, 0.25) is 5.91 Å². The Kier molecular flexibility index (Phi) is 4.57. The Hall–Kier alpha value is -2.37. The van der Waals surface area contributed by atoms with E-state index in [4.69, 9.17) is 5.11 Å². The zero-order chi connectivity index (χ0) is 15.4. The molecule has 1 aliphatic heterocycles. The molecule has 1 aromatic rings. The zero-order valence-corrected chi connectivity index (χ0v) is 11.8. The molecule has 0 radical (unpaired) electrons. The summed E-state index contributed by atoms with van der Waals surface area (Å²) < 4.78 is 0. The van der Waals surface area contributed by atoms with E-state index < -0.39 is 5.97 Å². The van der Waals surface area contributed by atoms with Gasteiger partial charge >= 0.3 is 5.97 Å². The van der Waals surface area contributed by atoms with Crippen LogP contribution in [0.5, 0.6) is 0 Å². The molecule has 2 N–H and O–H groups in total. The molecule has 0 aliphatic carbocycles. The Balaban J connectivity index is 2.03. The van der Waals surface area contributed by atoms with Crippen molar-refractivity contribution in [2.45, 2.75) is 19.8 Å². The molecule has 6 nitrogen and oxygen atoms in total. The molecule has 1 unspecified atom stereocenters. The molecular formula is C15H18N2O4. The number of carboxylic acids is 1. The SMILES string of the molecule is CC(=O)Nc1cccc(C(=O)N2CCC(CC(=O)O)C2)c1. The second-order valence-electron chi connectivity index (χ2n) is 5.27. The smallest absolute Gasteiger partial charge is 0.303 e. The lowest BCUT2D eigenvalue weighted by Crippen LogP contribution is -2.29. The molecule has 6 heteroatoms. The highest BCUT2D eigenvalue weighted by Gasteiger charge is 2.28. The zero-order valence-electron chi connectivity index (χ0n) is 11.8. The largest absolute Gasteiger partial charge is 0.481 e. The maximum atomic E-state index is 12.4. The molecule has 1 saturated heterocycles. The molecule has 1 atom stereocenters. The summed E-state index contributed by atoms with van der Waals surface area (Å²) in [6.45, 7) is 2.45. The minimum Gasteiger partial charge on any atom is -0.481 e. The van der Waals surface area contributed by atoms with E-state index in [2.05, 4.69) is 5.32 Å². The highest BCUT2D eigenvalue weighted by atomic mass is 16.4. The normalized spacial score (nSPS) is 17.6. The first-order valence-electron chi connectivity index (χ1n) is 6.84. The summed E-state index contributed by atoms with van der Waals surface area (Å²) in [5.41, 5.74) is 1.08. The van der Waals surface area contributed by atoms with Crippen molar-refractivity contribution in [3.05, 3.63) is 29.8 Å². The van der Waals surface area contributed by atoms with Crippen molar-refractivity contribution in [1.29, 1.82) is 0 Å². The summed E-state index contributed by atoms with van der Waals surface area (Å²) in [5.74, 6) is -1.13. The fraction of sp³-hybridized carbons (Fsp3) is 0.400. The molecule has 1 aromatic carbocycles. The van der Waals surface area contributed by atoms with Gasteiger partial charge in [-0.1, -0.05) is 6.07 Å². The lowest BCUT2D eigenvalue weighted by atomic mass is 10.1. The van der Waals surface area contributed by atoms with Crippen molar-refractivity contribution in [3.8, 4) is 0 Å². The number of carbonyl (C=O) groups excluding carboxylic acids is 2. The molecule has 0 spiro atoms. The van der Waals surface area contributed by atoms with Crippen molar-refractivity contribution in [2.24, 2.45) is 5.92 Å². The Labute approximate surface area is 122 Å². The highest BCUT2D eigenvalue weighted by Crippen LogP contribution is 2.22. The number of nitrogens with one attached hydrogen (secondary N) is 1. The predicted molar refractivity (Wildman–Crippen MR) is 77.0 cm³/mol. The van der Waals surface area contributed by atoms with Gasteiger partial charge in [-0.3, -0.25) is 14.4 Å². The summed E-state index contributed by atoms with van der Waals surface area (Å²) in [6.07, 6.45) is 0.805. The summed E-state index contributed by atoms with van der Waals surface area (Å²) in [7, 11) is 0. The fourth-order valence-electron chi connectivity index (χ4n) is 2.55. The number of rotatable bonds is 4. The van der Waals surface area contributed by atoms with Crippen LogP contribution >= 0.6 is 0 Å². The van der Waals surface area contributed by atoms with Gasteiger partial charge in [-0.15, -0.1) is 0 Å². The number of nitrogens with zero attached hydrogens (tertiary/aromatic N) is 1. The molecule has 0 aromatic heterocycles. The standard InChI is InChI=1S/C15H18N2O4/c1-10(18)16-13-4-2-3-12(8-13)15(21)17-6-5-11(9-17)7-14(19)20/h2-4,8,11H,5-7,9H2,1H3,(H,16,18)(H,19,20). The van der Waals surface area contributed by atoms with Gasteiger partial charge in [0.25, 0.3) is 5.91 Å². The van der Waals surface area contributed by atoms with E-state index in [1.54, 1.807) is 29.2 Å². The second kappa shape index (κ2) is 6.39. The van der Waals surface area contributed by atoms with E-state index in [0.717, 1.165) is 0 Å². The monoisotopic (exact) mass is 290 g/mol. The number of amides is 2. The first-order chi connectivity index (χ1) is 9.95. The molecule has 0 bridgehead atoms. The minimum atomic E-state index is -0.832. The van der Waals surface area contributed by atoms with Crippen LogP contribution in [0.25, 0.3) is 0 Å². The lowest BCUT2D eigenvalue weighted by Gasteiger charge is -2.16. The quantitative estimate of drug-likeness (QED) is 0.881. The number of anilines is 1. The molecule has 112 valence electrons. The minimum absolute atomic E-state index is 0.0185. The van der Waals surface area contributed by atoms with Crippen LogP contribution in [0.4, 0.5) is 5.69 Å². The maximum Gasteiger partial charge on any atom is 0.303 e. The van der Waals surface area contributed by atoms with E-state index in [1.807, 2.05) is 0 Å². The third-order valence-electron chi connectivity index (χ3n) is 3.47. The van der Waals surface area contributed by atoms with Crippen LogP contribution in [0.15, 0.2) is 24.3 Å². The van der Waals surface area contributed by atoms with E-state index >= 15 is 0 Å². The Morgan fingerprint density at radius 2 is 2.14 bits per heavy atom. The number of likely N-dealkylation sites (tertiary alicyclic amines) is 1. The predicted octanol–water partition coefficient (Wildman–Crippen LogP) is 1.58. The average Bonchev–Trinajstić information content (AvgIpc) is 2.85. The molecule has 1 heterocycles. The van der Waals surface area contributed by atoms with E-state index in [1.165, 1.54) is 6.92 Å². The van der Waals surface area contributed by atoms with Crippen LogP contribution < -0.4 is 5.32 Å². The summed E-state index contributed by atoms with van der Waals surface area (Å²) >= 11 is 0. The summed E-state index contributed by atoms with van der Waals surface area (Å²) in [4.78, 5) is 35.8. The second-order valence-corrected chi connectivity index (χ2v) is 5.27. The van der Waals surface area contributed by atoms with Gasteiger partial charge in [-0.2, -0.15) is 0 Å².